The van der Waals surface area contributed by atoms with Crippen molar-refractivity contribution in [2.75, 3.05) is 0 Å². The number of imidazole rings is 1. The number of hydrogen-bond donors (Lipinski definition) is 2. The van der Waals surface area contributed by atoms with Crippen LogP contribution in [0.2, 0.25) is 0 Å². The fourth-order valence-corrected chi connectivity index (χ4v) is 1.56. The molecule has 1 atom stereocenters. The van der Waals surface area contributed by atoms with Gasteiger partial charge in [0, 0.05) is 19.4 Å². The van der Waals surface area contributed by atoms with Crippen LogP contribution in [-0.2, 0) is 18.4 Å². The molecule has 0 aliphatic carbocycles. The van der Waals surface area contributed by atoms with E-state index in [1.54, 1.807) is 13.1 Å². The van der Waals surface area contributed by atoms with E-state index in [9.17, 15) is 4.79 Å². The molecule has 1 amide bonds. The van der Waals surface area contributed by atoms with Crippen LogP contribution in [0.3, 0.4) is 0 Å². The maximum atomic E-state index is 11.8. The second-order valence-corrected chi connectivity index (χ2v) is 4.30. The van der Waals surface area contributed by atoms with Gasteiger partial charge in [-0.15, -0.1) is 0 Å². The SMILES string of the molecule is CCCC(C)(N)C(=O)NCc1nccn1C. The average molecular weight is 224 g/mol. The number of nitrogens with zero attached hydrogens (tertiary/aromatic N) is 2. The van der Waals surface area contributed by atoms with Gasteiger partial charge in [-0.2, -0.15) is 0 Å². The molecule has 0 saturated heterocycles. The van der Waals surface area contributed by atoms with Gasteiger partial charge in [-0.3, -0.25) is 4.79 Å². The van der Waals surface area contributed by atoms with Gasteiger partial charge in [0.1, 0.15) is 5.82 Å². The van der Waals surface area contributed by atoms with Crippen molar-refractivity contribution in [3.05, 3.63) is 18.2 Å². The van der Waals surface area contributed by atoms with Gasteiger partial charge in [-0.1, -0.05) is 13.3 Å². The fourth-order valence-electron chi connectivity index (χ4n) is 1.56. The van der Waals surface area contributed by atoms with Gasteiger partial charge in [0.05, 0.1) is 12.1 Å². The quantitative estimate of drug-likeness (QED) is 0.767. The van der Waals surface area contributed by atoms with E-state index in [0.717, 1.165) is 12.2 Å². The van der Waals surface area contributed by atoms with Crippen LogP contribution in [0, 0.1) is 0 Å². The van der Waals surface area contributed by atoms with Crippen LogP contribution in [-0.4, -0.2) is 21.0 Å². The first-order chi connectivity index (χ1) is 7.47. The van der Waals surface area contributed by atoms with Crippen LogP contribution in [0.15, 0.2) is 12.4 Å². The van der Waals surface area contributed by atoms with Gasteiger partial charge in [0.25, 0.3) is 0 Å². The first-order valence-electron chi connectivity index (χ1n) is 5.50. The third-order valence-corrected chi connectivity index (χ3v) is 2.62. The normalized spacial score (nSPS) is 14.5. The number of aromatic nitrogens is 2. The Hall–Kier alpha value is -1.36. The Kier molecular flexibility index (Phi) is 4.06. The number of nitrogens with two attached hydrogens (primary N) is 1. The molecular formula is C11H20N4O. The number of carbonyl (C=O) groups is 1. The lowest BCUT2D eigenvalue weighted by atomic mass is 9.97. The Balaban J connectivity index is 2.50. The molecule has 0 aliphatic heterocycles. The van der Waals surface area contributed by atoms with E-state index in [0.29, 0.717) is 13.0 Å². The van der Waals surface area contributed by atoms with Crippen molar-refractivity contribution in [3.63, 3.8) is 0 Å². The Labute approximate surface area is 96.0 Å². The summed E-state index contributed by atoms with van der Waals surface area (Å²) in [5, 5.41) is 2.80. The van der Waals surface area contributed by atoms with Gasteiger partial charge in [-0.05, 0) is 13.3 Å². The third kappa shape index (κ3) is 3.06. The average Bonchev–Trinajstić information content (AvgIpc) is 2.60. The maximum absolute atomic E-state index is 11.8. The van der Waals surface area contributed by atoms with Crippen LogP contribution >= 0.6 is 0 Å². The number of rotatable bonds is 5. The number of carbonyl (C=O) groups excluding carboxylic acids is 1. The molecule has 3 N–H and O–H groups in total. The second kappa shape index (κ2) is 5.12. The van der Waals surface area contributed by atoms with E-state index in [1.165, 1.54) is 0 Å². The van der Waals surface area contributed by atoms with Crippen molar-refractivity contribution in [1.29, 1.82) is 0 Å². The van der Waals surface area contributed by atoms with Gasteiger partial charge >= 0.3 is 0 Å². The van der Waals surface area contributed by atoms with Crippen LogP contribution in [0.25, 0.3) is 0 Å². The highest BCUT2D eigenvalue weighted by molar-refractivity contribution is 5.85. The monoisotopic (exact) mass is 224 g/mol. The summed E-state index contributed by atoms with van der Waals surface area (Å²) < 4.78 is 1.87. The molecule has 5 heteroatoms. The molecule has 0 spiro atoms. The highest BCUT2D eigenvalue weighted by atomic mass is 16.2. The Bertz CT molecular complexity index is 357. The summed E-state index contributed by atoms with van der Waals surface area (Å²) in [6.07, 6.45) is 5.12. The minimum atomic E-state index is -0.792. The van der Waals surface area contributed by atoms with Crippen molar-refractivity contribution in [1.82, 2.24) is 14.9 Å². The summed E-state index contributed by atoms with van der Waals surface area (Å²) >= 11 is 0. The van der Waals surface area contributed by atoms with E-state index in [-0.39, 0.29) is 5.91 Å². The molecule has 1 aromatic rings. The number of amides is 1. The molecule has 0 fully saturated rings. The van der Waals surface area contributed by atoms with Crippen LogP contribution in [0.1, 0.15) is 32.5 Å². The second-order valence-electron chi connectivity index (χ2n) is 4.30. The van der Waals surface area contributed by atoms with E-state index in [1.807, 2.05) is 24.7 Å². The summed E-state index contributed by atoms with van der Waals surface area (Å²) in [6, 6.07) is 0. The number of nitrogens with one attached hydrogen (secondary N) is 1. The molecule has 16 heavy (non-hydrogen) atoms. The molecule has 0 aliphatic rings. The van der Waals surface area contributed by atoms with Crippen molar-refractivity contribution in [2.45, 2.75) is 38.8 Å². The van der Waals surface area contributed by atoms with Crippen molar-refractivity contribution in [2.24, 2.45) is 12.8 Å². The Morgan fingerprint density at radius 3 is 2.88 bits per heavy atom. The number of aryl methyl sites for hydroxylation is 1. The van der Waals surface area contributed by atoms with Gasteiger partial charge in [0.15, 0.2) is 0 Å². The summed E-state index contributed by atoms with van der Waals surface area (Å²) in [6.45, 7) is 4.18. The first kappa shape index (κ1) is 12.7. The summed E-state index contributed by atoms with van der Waals surface area (Å²) in [7, 11) is 1.89. The predicted molar refractivity (Wildman–Crippen MR) is 62.6 cm³/mol. The molecule has 1 heterocycles. The lowest BCUT2D eigenvalue weighted by molar-refractivity contribution is -0.126. The van der Waals surface area contributed by atoms with E-state index < -0.39 is 5.54 Å². The Morgan fingerprint density at radius 2 is 2.38 bits per heavy atom. The van der Waals surface area contributed by atoms with E-state index in [4.69, 9.17) is 5.73 Å². The third-order valence-electron chi connectivity index (χ3n) is 2.62. The molecular weight excluding hydrogens is 204 g/mol. The van der Waals surface area contributed by atoms with Crippen molar-refractivity contribution in [3.8, 4) is 0 Å². The molecule has 0 radical (unpaired) electrons. The minimum Gasteiger partial charge on any atom is -0.347 e. The molecule has 1 aromatic heterocycles. The van der Waals surface area contributed by atoms with Crippen LogP contribution < -0.4 is 11.1 Å². The summed E-state index contributed by atoms with van der Waals surface area (Å²) in [5.41, 5.74) is 5.12. The zero-order valence-corrected chi connectivity index (χ0v) is 10.2. The van der Waals surface area contributed by atoms with E-state index >= 15 is 0 Å². The fraction of sp³-hybridized carbons (Fsp3) is 0.636. The lowest BCUT2D eigenvalue weighted by Crippen LogP contribution is -2.51. The predicted octanol–water partition coefficient (Wildman–Crippen LogP) is 0.554. The Morgan fingerprint density at radius 1 is 1.69 bits per heavy atom. The van der Waals surface area contributed by atoms with Gasteiger partial charge in [0.2, 0.25) is 5.91 Å². The van der Waals surface area contributed by atoms with Crippen LogP contribution in [0.5, 0.6) is 0 Å². The molecule has 90 valence electrons. The zero-order valence-electron chi connectivity index (χ0n) is 10.2. The largest absolute Gasteiger partial charge is 0.347 e. The standard InChI is InChI=1S/C11H20N4O/c1-4-5-11(2,12)10(16)14-8-9-13-6-7-15(9)3/h6-7H,4-5,8,12H2,1-3H3,(H,14,16). The lowest BCUT2D eigenvalue weighted by Gasteiger charge is -2.22. The van der Waals surface area contributed by atoms with Gasteiger partial charge < -0.3 is 15.6 Å². The smallest absolute Gasteiger partial charge is 0.240 e. The highest BCUT2D eigenvalue weighted by Gasteiger charge is 2.26. The van der Waals surface area contributed by atoms with Crippen LogP contribution in [0.4, 0.5) is 0 Å². The molecule has 0 bridgehead atoms. The first-order valence-corrected chi connectivity index (χ1v) is 5.50. The molecule has 0 saturated carbocycles. The zero-order chi connectivity index (χ0) is 12.2. The minimum absolute atomic E-state index is 0.127. The van der Waals surface area contributed by atoms with Crippen molar-refractivity contribution >= 4 is 5.91 Å². The van der Waals surface area contributed by atoms with E-state index in [2.05, 4.69) is 10.3 Å². The topological polar surface area (TPSA) is 72.9 Å². The highest BCUT2D eigenvalue weighted by Crippen LogP contribution is 2.08. The molecule has 5 nitrogen and oxygen atoms in total. The number of hydrogen-bond acceptors (Lipinski definition) is 3. The maximum Gasteiger partial charge on any atom is 0.240 e. The van der Waals surface area contributed by atoms with Gasteiger partial charge in [-0.25, -0.2) is 4.98 Å². The van der Waals surface area contributed by atoms with Crippen molar-refractivity contribution < 1.29 is 4.79 Å². The molecule has 0 aromatic carbocycles. The summed E-state index contributed by atoms with van der Waals surface area (Å²) in [4.78, 5) is 15.9. The molecule has 1 rings (SSSR count). The summed E-state index contributed by atoms with van der Waals surface area (Å²) in [5.74, 6) is 0.693. The molecule has 1 unspecified atom stereocenters.